The van der Waals surface area contributed by atoms with Crippen LogP contribution in [0.2, 0.25) is 0 Å². The summed E-state index contributed by atoms with van der Waals surface area (Å²) < 4.78 is 47.7. The minimum atomic E-state index is -4.62. The summed E-state index contributed by atoms with van der Waals surface area (Å²) in [5.41, 5.74) is 0.712. The molecule has 10 heteroatoms. The Hall–Kier alpha value is -3.82. The molecule has 38 heavy (non-hydrogen) atoms. The number of nitrogens with one attached hydrogen (secondary N) is 1. The fourth-order valence-electron chi connectivity index (χ4n) is 4.51. The maximum absolute atomic E-state index is 13.5. The second-order valence-electron chi connectivity index (χ2n) is 10.4. The molecule has 0 aliphatic carbocycles. The van der Waals surface area contributed by atoms with Gasteiger partial charge in [-0.1, -0.05) is 29.8 Å². The molecule has 0 atom stereocenters. The minimum Gasteiger partial charge on any atom is -0.444 e. The summed E-state index contributed by atoms with van der Waals surface area (Å²) in [4.78, 5) is 27.5. The number of ether oxygens (including phenoxy) is 1. The van der Waals surface area contributed by atoms with E-state index in [0.29, 0.717) is 31.6 Å². The normalized spacial score (nSPS) is 14.9. The summed E-state index contributed by atoms with van der Waals surface area (Å²) in [6.45, 7) is 8.20. The molecular weight excluding hydrogens is 497 g/mol. The average Bonchev–Trinajstić information content (AvgIpc) is 3.28. The van der Waals surface area contributed by atoms with Crippen molar-refractivity contribution in [1.82, 2.24) is 14.7 Å². The van der Waals surface area contributed by atoms with Crippen molar-refractivity contribution in [2.24, 2.45) is 0 Å². The van der Waals surface area contributed by atoms with Gasteiger partial charge in [0.2, 0.25) is 0 Å². The molecule has 0 radical (unpaired) electrons. The molecule has 0 saturated carbocycles. The van der Waals surface area contributed by atoms with E-state index in [0.717, 1.165) is 17.3 Å². The number of piperidine rings is 1. The number of halogens is 3. The van der Waals surface area contributed by atoms with E-state index in [1.807, 2.05) is 31.2 Å². The van der Waals surface area contributed by atoms with E-state index < -0.39 is 29.3 Å². The van der Waals surface area contributed by atoms with Crippen molar-refractivity contribution in [2.45, 2.75) is 58.2 Å². The zero-order valence-corrected chi connectivity index (χ0v) is 21.8. The van der Waals surface area contributed by atoms with Crippen LogP contribution in [-0.4, -0.2) is 45.4 Å². The molecule has 3 aromatic rings. The van der Waals surface area contributed by atoms with Gasteiger partial charge in [-0.25, -0.2) is 9.48 Å². The molecule has 0 spiro atoms. The fraction of sp³-hybridized carbons (Fsp3) is 0.393. The summed E-state index contributed by atoms with van der Waals surface area (Å²) in [7, 11) is 0. The summed E-state index contributed by atoms with van der Waals surface area (Å²) in [5.74, 6) is -0.833. The van der Waals surface area contributed by atoms with Gasteiger partial charge in [-0.05, 0) is 64.8 Å². The smallest absolute Gasteiger partial charge is 0.418 e. The highest BCUT2D eigenvalue weighted by Gasteiger charge is 2.35. The van der Waals surface area contributed by atoms with Crippen molar-refractivity contribution in [3.63, 3.8) is 0 Å². The molecule has 2 aromatic carbocycles. The van der Waals surface area contributed by atoms with Crippen LogP contribution in [0.5, 0.6) is 0 Å². The SMILES string of the molecule is Cc1ccc(-n2ncc(C(=O)Nc3ccccc3C(F)(F)F)c2C2CCN(C(=O)OC(C)(C)C)CC2)cc1. The van der Waals surface area contributed by atoms with Gasteiger partial charge in [0, 0.05) is 19.0 Å². The van der Waals surface area contributed by atoms with Crippen LogP contribution >= 0.6 is 0 Å². The molecule has 7 nitrogen and oxygen atoms in total. The second kappa shape index (κ2) is 10.5. The Labute approximate surface area is 219 Å². The highest BCUT2D eigenvalue weighted by molar-refractivity contribution is 6.05. The van der Waals surface area contributed by atoms with E-state index in [-0.39, 0.29) is 17.2 Å². The predicted octanol–water partition coefficient (Wildman–Crippen LogP) is 6.57. The number of aromatic nitrogens is 2. The van der Waals surface area contributed by atoms with Gasteiger partial charge in [0.05, 0.1) is 34.4 Å². The van der Waals surface area contributed by atoms with E-state index in [1.165, 1.54) is 24.4 Å². The first-order valence-electron chi connectivity index (χ1n) is 12.4. The van der Waals surface area contributed by atoms with Crippen molar-refractivity contribution < 1.29 is 27.5 Å². The average molecular weight is 529 g/mol. The number of carbonyl (C=O) groups is 2. The number of anilines is 1. The molecule has 1 N–H and O–H groups in total. The Balaban J connectivity index is 1.65. The van der Waals surface area contributed by atoms with Gasteiger partial charge < -0.3 is 15.0 Å². The number of rotatable bonds is 4. The van der Waals surface area contributed by atoms with Crippen molar-refractivity contribution >= 4 is 17.7 Å². The van der Waals surface area contributed by atoms with Crippen LogP contribution in [-0.2, 0) is 10.9 Å². The number of carbonyl (C=O) groups excluding carboxylic acids is 2. The summed E-state index contributed by atoms with van der Waals surface area (Å²) in [5, 5.41) is 6.90. The zero-order chi connectivity index (χ0) is 27.7. The van der Waals surface area contributed by atoms with Gasteiger partial charge in [-0.3, -0.25) is 4.79 Å². The molecule has 0 unspecified atom stereocenters. The van der Waals surface area contributed by atoms with Gasteiger partial charge in [-0.2, -0.15) is 18.3 Å². The first-order valence-corrected chi connectivity index (χ1v) is 12.4. The van der Waals surface area contributed by atoms with Crippen molar-refractivity contribution in [3.8, 4) is 5.69 Å². The number of hydrogen-bond acceptors (Lipinski definition) is 4. The fourth-order valence-corrected chi connectivity index (χ4v) is 4.51. The maximum Gasteiger partial charge on any atom is 0.418 e. The summed E-state index contributed by atoms with van der Waals surface area (Å²) in [6, 6.07) is 12.5. The number of nitrogens with zero attached hydrogens (tertiary/aromatic N) is 3. The number of hydrogen-bond donors (Lipinski definition) is 1. The Kier molecular flexibility index (Phi) is 7.53. The molecular formula is C28H31F3N4O3. The van der Waals surface area contributed by atoms with Crippen LogP contribution < -0.4 is 5.32 Å². The lowest BCUT2D eigenvalue weighted by molar-refractivity contribution is -0.136. The topological polar surface area (TPSA) is 76.5 Å². The van der Waals surface area contributed by atoms with Gasteiger partial charge in [0.1, 0.15) is 5.60 Å². The first-order chi connectivity index (χ1) is 17.8. The van der Waals surface area contributed by atoms with Gasteiger partial charge >= 0.3 is 12.3 Å². The third-order valence-corrected chi connectivity index (χ3v) is 6.34. The molecule has 1 aliphatic rings. The van der Waals surface area contributed by atoms with Gasteiger partial charge in [0.15, 0.2) is 0 Å². The van der Waals surface area contributed by atoms with Crippen LogP contribution in [0.15, 0.2) is 54.7 Å². The van der Waals surface area contributed by atoms with Crippen molar-refractivity contribution in [1.29, 1.82) is 0 Å². The number of amides is 2. The molecule has 2 amide bonds. The molecule has 1 aliphatic heterocycles. The highest BCUT2D eigenvalue weighted by Crippen LogP contribution is 2.36. The maximum atomic E-state index is 13.5. The van der Waals surface area contributed by atoms with Crippen molar-refractivity contribution in [2.75, 3.05) is 18.4 Å². The lowest BCUT2D eigenvalue weighted by atomic mass is 9.90. The molecule has 1 saturated heterocycles. The minimum absolute atomic E-state index is 0.156. The quantitative estimate of drug-likeness (QED) is 0.416. The van der Waals surface area contributed by atoms with E-state index in [9.17, 15) is 22.8 Å². The molecule has 2 heterocycles. The van der Waals surface area contributed by atoms with Crippen molar-refractivity contribution in [3.05, 3.63) is 77.1 Å². The summed E-state index contributed by atoms with van der Waals surface area (Å²) >= 11 is 0. The second-order valence-corrected chi connectivity index (χ2v) is 10.4. The van der Waals surface area contributed by atoms with E-state index >= 15 is 0 Å². The Morgan fingerprint density at radius 2 is 1.63 bits per heavy atom. The monoisotopic (exact) mass is 528 g/mol. The van der Waals surface area contributed by atoms with Gasteiger partial charge in [0.25, 0.3) is 5.91 Å². The largest absolute Gasteiger partial charge is 0.444 e. The van der Waals surface area contributed by atoms with E-state index in [4.69, 9.17) is 4.74 Å². The summed E-state index contributed by atoms with van der Waals surface area (Å²) in [6.07, 6.45) is -2.55. The van der Waals surface area contributed by atoms with Crippen LogP contribution in [0, 0.1) is 6.92 Å². The number of para-hydroxylation sites is 1. The van der Waals surface area contributed by atoms with Gasteiger partial charge in [-0.15, -0.1) is 0 Å². The molecule has 1 fully saturated rings. The Bertz CT molecular complexity index is 1300. The number of benzene rings is 2. The third kappa shape index (κ3) is 6.17. The predicted molar refractivity (Wildman–Crippen MR) is 137 cm³/mol. The molecule has 0 bridgehead atoms. The first kappa shape index (κ1) is 27.2. The molecule has 1 aromatic heterocycles. The highest BCUT2D eigenvalue weighted by atomic mass is 19.4. The standard InChI is InChI=1S/C28H31F3N4O3/c1-18-9-11-20(12-10-18)35-24(19-13-15-34(16-14-19)26(37)38-27(2,3)4)21(17-32-35)25(36)33-23-8-6-5-7-22(23)28(29,30)31/h5-12,17,19H,13-16H2,1-4H3,(H,33,36). The van der Waals surface area contributed by atoms with Crippen LogP contribution in [0.1, 0.15) is 66.7 Å². The zero-order valence-electron chi connectivity index (χ0n) is 21.8. The van der Waals surface area contributed by atoms with Crippen LogP contribution in [0.25, 0.3) is 5.69 Å². The Morgan fingerprint density at radius 1 is 1.00 bits per heavy atom. The number of aryl methyl sites for hydroxylation is 1. The number of alkyl halides is 3. The lowest BCUT2D eigenvalue weighted by Gasteiger charge is -2.34. The lowest BCUT2D eigenvalue weighted by Crippen LogP contribution is -2.41. The third-order valence-electron chi connectivity index (χ3n) is 6.34. The van der Waals surface area contributed by atoms with E-state index in [1.54, 1.807) is 30.4 Å². The van der Waals surface area contributed by atoms with Crippen LogP contribution in [0.3, 0.4) is 0 Å². The van der Waals surface area contributed by atoms with E-state index in [2.05, 4.69) is 10.4 Å². The molecule has 4 rings (SSSR count). The van der Waals surface area contributed by atoms with Crippen LogP contribution in [0.4, 0.5) is 23.7 Å². The number of likely N-dealkylation sites (tertiary alicyclic amines) is 1. The Morgan fingerprint density at radius 3 is 2.24 bits per heavy atom. The molecule has 202 valence electrons.